The van der Waals surface area contributed by atoms with Gasteiger partial charge in [-0.3, -0.25) is 9.59 Å². The Morgan fingerprint density at radius 1 is 1.52 bits per heavy atom. The van der Waals surface area contributed by atoms with Crippen LogP contribution in [0, 0.1) is 0 Å². The van der Waals surface area contributed by atoms with Gasteiger partial charge < -0.3 is 19.9 Å². The molecule has 6 nitrogen and oxygen atoms in total. The molecule has 2 rings (SSSR count). The van der Waals surface area contributed by atoms with Gasteiger partial charge in [0.1, 0.15) is 5.56 Å². The lowest BCUT2D eigenvalue weighted by Gasteiger charge is -2.23. The zero-order valence-corrected chi connectivity index (χ0v) is 12.8. The summed E-state index contributed by atoms with van der Waals surface area (Å²) in [6.45, 7) is 6.63. The van der Waals surface area contributed by atoms with Crippen molar-refractivity contribution >= 4 is 5.91 Å². The molecule has 1 aromatic rings. The topological polar surface area (TPSA) is 72.4 Å². The number of hydrogen-bond donors (Lipinski definition) is 2. The molecule has 1 fully saturated rings. The smallest absolute Gasteiger partial charge is 0.263 e. The van der Waals surface area contributed by atoms with Crippen molar-refractivity contribution in [2.45, 2.75) is 25.9 Å². The molecule has 1 atom stereocenters. The summed E-state index contributed by atoms with van der Waals surface area (Å²) in [4.78, 5) is 24.4. The molecule has 0 spiro atoms. The minimum atomic E-state index is -0.347. The third-order valence-corrected chi connectivity index (χ3v) is 3.67. The van der Waals surface area contributed by atoms with Crippen molar-refractivity contribution in [3.05, 3.63) is 33.7 Å². The van der Waals surface area contributed by atoms with E-state index in [1.54, 1.807) is 13.1 Å². The Bertz CT molecular complexity index is 560. The fraction of sp³-hybridized carbons (Fsp3) is 0.600. The lowest BCUT2D eigenvalue weighted by Crippen LogP contribution is -2.46. The van der Waals surface area contributed by atoms with Gasteiger partial charge in [-0.25, -0.2) is 0 Å². The molecule has 0 aliphatic carbocycles. The van der Waals surface area contributed by atoms with Crippen LogP contribution in [0.4, 0.5) is 0 Å². The monoisotopic (exact) mass is 293 g/mol. The maximum atomic E-state index is 12.2. The van der Waals surface area contributed by atoms with Crippen LogP contribution in [-0.2, 0) is 11.8 Å². The molecule has 21 heavy (non-hydrogen) atoms. The lowest BCUT2D eigenvalue weighted by molar-refractivity contribution is 0.0287. The number of nitrogens with zero attached hydrogens (tertiary/aromatic N) is 1. The summed E-state index contributed by atoms with van der Waals surface area (Å²) < 4.78 is 7.05. The summed E-state index contributed by atoms with van der Waals surface area (Å²) in [6, 6.07) is 3.44. The number of rotatable bonds is 4. The number of ether oxygens (including phenoxy) is 1. The molecule has 0 bridgehead atoms. The Labute approximate surface area is 124 Å². The largest absolute Gasteiger partial charge is 0.374 e. The van der Waals surface area contributed by atoms with E-state index >= 15 is 0 Å². The van der Waals surface area contributed by atoms with Gasteiger partial charge in [-0.2, -0.15) is 0 Å². The lowest BCUT2D eigenvalue weighted by atomic mass is 10.1. The second-order valence-corrected chi connectivity index (χ2v) is 5.60. The molecule has 1 aliphatic rings. The van der Waals surface area contributed by atoms with Gasteiger partial charge >= 0.3 is 0 Å². The molecule has 6 heteroatoms. The molecular formula is C15H23N3O3. The number of pyridine rings is 1. The van der Waals surface area contributed by atoms with Crippen molar-refractivity contribution in [3.63, 3.8) is 0 Å². The van der Waals surface area contributed by atoms with E-state index in [-0.39, 0.29) is 29.1 Å². The van der Waals surface area contributed by atoms with Gasteiger partial charge in [0.15, 0.2) is 0 Å². The normalized spacial score (nSPS) is 18.8. The van der Waals surface area contributed by atoms with Crippen LogP contribution in [-0.4, -0.2) is 42.8 Å². The van der Waals surface area contributed by atoms with Gasteiger partial charge in [-0.1, -0.05) is 13.8 Å². The van der Waals surface area contributed by atoms with E-state index in [0.717, 1.165) is 12.2 Å². The van der Waals surface area contributed by atoms with Crippen molar-refractivity contribution in [1.29, 1.82) is 0 Å². The maximum Gasteiger partial charge on any atom is 0.263 e. The van der Waals surface area contributed by atoms with Crippen LogP contribution in [0.1, 0.15) is 35.8 Å². The van der Waals surface area contributed by atoms with Crippen LogP contribution < -0.4 is 16.2 Å². The predicted octanol–water partition coefficient (Wildman–Crippen LogP) is 0.227. The molecule has 2 heterocycles. The second kappa shape index (κ2) is 6.87. The number of carbonyl (C=O) groups excluding carboxylic acids is 1. The first-order chi connectivity index (χ1) is 10.0. The fourth-order valence-corrected chi connectivity index (χ4v) is 2.45. The highest BCUT2D eigenvalue weighted by Crippen LogP contribution is 2.11. The minimum absolute atomic E-state index is 0.0403. The third kappa shape index (κ3) is 3.71. The SMILES string of the molecule is CC(C)c1ccc(C(=O)NCC2CNCCO2)c(=O)n1C. The molecule has 0 radical (unpaired) electrons. The van der Waals surface area contributed by atoms with E-state index in [4.69, 9.17) is 4.74 Å². The fourth-order valence-electron chi connectivity index (χ4n) is 2.45. The molecule has 116 valence electrons. The Kier molecular flexibility index (Phi) is 5.14. The third-order valence-electron chi connectivity index (χ3n) is 3.67. The summed E-state index contributed by atoms with van der Waals surface area (Å²) >= 11 is 0. The van der Waals surface area contributed by atoms with Gasteiger partial charge in [-0.15, -0.1) is 0 Å². The maximum absolute atomic E-state index is 12.2. The molecule has 1 saturated heterocycles. The van der Waals surface area contributed by atoms with Crippen LogP contribution in [0.2, 0.25) is 0 Å². The quantitative estimate of drug-likeness (QED) is 0.833. The highest BCUT2D eigenvalue weighted by molar-refractivity contribution is 5.93. The van der Waals surface area contributed by atoms with Crippen LogP contribution >= 0.6 is 0 Å². The van der Waals surface area contributed by atoms with Gasteiger partial charge in [0.25, 0.3) is 11.5 Å². The average molecular weight is 293 g/mol. The second-order valence-electron chi connectivity index (χ2n) is 5.60. The molecule has 2 N–H and O–H groups in total. The van der Waals surface area contributed by atoms with E-state index in [9.17, 15) is 9.59 Å². The zero-order chi connectivity index (χ0) is 15.4. The molecule has 1 aliphatic heterocycles. The summed E-state index contributed by atoms with van der Waals surface area (Å²) in [7, 11) is 1.70. The molecule has 0 aromatic carbocycles. The number of morpholine rings is 1. The van der Waals surface area contributed by atoms with Crippen LogP contribution in [0.5, 0.6) is 0 Å². The Hall–Kier alpha value is -1.66. The van der Waals surface area contributed by atoms with E-state index in [2.05, 4.69) is 10.6 Å². The number of carbonyl (C=O) groups is 1. The van der Waals surface area contributed by atoms with Crippen molar-refractivity contribution in [2.24, 2.45) is 7.05 Å². The summed E-state index contributed by atoms with van der Waals surface area (Å²) in [5.74, 6) is -0.110. The van der Waals surface area contributed by atoms with E-state index in [0.29, 0.717) is 19.7 Å². The average Bonchev–Trinajstić information content (AvgIpc) is 2.48. The van der Waals surface area contributed by atoms with Gasteiger partial charge in [0, 0.05) is 32.4 Å². The van der Waals surface area contributed by atoms with Crippen molar-refractivity contribution in [3.8, 4) is 0 Å². The number of amides is 1. The Morgan fingerprint density at radius 3 is 2.90 bits per heavy atom. The number of hydrogen-bond acceptors (Lipinski definition) is 4. The van der Waals surface area contributed by atoms with Crippen LogP contribution in [0.25, 0.3) is 0 Å². The van der Waals surface area contributed by atoms with Crippen molar-refractivity contribution in [1.82, 2.24) is 15.2 Å². The van der Waals surface area contributed by atoms with Crippen LogP contribution in [0.3, 0.4) is 0 Å². The van der Waals surface area contributed by atoms with E-state index in [1.165, 1.54) is 4.57 Å². The summed E-state index contributed by atoms with van der Waals surface area (Å²) in [5, 5.41) is 5.96. The Balaban J connectivity index is 2.05. The molecule has 1 aromatic heterocycles. The van der Waals surface area contributed by atoms with Crippen molar-refractivity contribution < 1.29 is 9.53 Å². The Morgan fingerprint density at radius 2 is 2.29 bits per heavy atom. The summed E-state index contributed by atoms with van der Waals surface area (Å²) in [5.41, 5.74) is 0.823. The zero-order valence-electron chi connectivity index (χ0n) is 12.8. The van der Waals surface area contributed by atoms with Gasteiger partial charge in [0.2, 0.25) is 0 Å². The highest BCUT2D eigenvalue weighted by Gasteiger charge is 2.18. The molecular weight excluding hydrogens is 270 g/mol. The first kappa shape index (κ1) is 15.7. The number of aromatic nitrogens is 1. The van der Waals surface area contributed by atoms with Crippen molar-refractivity contribution in [2.75, 3.05) is 26.2 Å². The summed E-state index contributed by atoms with van der Waals surface area (Å²) in [6.07, 6.45) is -0.0403. The molecule has 1 amide bonds. The van der Waals surface area contributed by atoms with E-state index in [1.807, 2.05) is 19.9 Å². The van der Waals surface area contributed by atoms with Gasteiger partial charge in [-0.05, 0) is 18.1 Å². The first-order valence-electron chi connectivity index (χ1n) is 7.31. The first-order valence-corrected chi connectivity index (χ1v) is 7.31. The standard InChI is InChI=1S/C15H23N3O3/c1-10(2)13-5-4-12(15(20)18(13)3)14(19)17-9-11-8-16-6-7-21-11/h4-5,10-11,16H,6-9H2,1-3H3,(H,17,19). The van der Waals surface area contributed by atoms with E-state index < -0.39 is 0 Å². The molecule has 0 saturated carbocycles. The van der Waals surface area contributed by atoms with Crippen LogP contribution in [0.15, 0.2) is 16.9 Å². The highest BCUT2D eigenvalue weighted by atomic mass is 16.5. The predicted molar refractivity (Wildman–Crippen MR) is 80.7 cm³/mol. The van der Waals surface area contributed by atoms with Gasteiger partial charge in [0.05, 0.1) is 12.7 Å². The number of nitrogens with one attached hydrogen (secondary N) is 2. The molecule has 1 unspecified atom stereocenters. The minimum Gasteiger partial charge on any atom is -0.374 e.